The van der Waals surface area contributed by atoms with Crippen LogP contribution in [0.25, 0.3) is 11.4 Å². The SMILES string of the molecule is O=C1CCCC2=C1C(c1ccccc1[N+](=O)[O-])n1nc(-c3ccccc3)nc1N2. The summed E-state index contributed by atoms with van der Waals surface area (Å²) in [7, 11) is 0. The molecule has 0 saturated carbocycles. The smallest absolute Gasteiger partial charge is 0.275 e. The number of hydrogen-bond acceptors (Lipinski definition) is 6. The van der Waals surface area contributed by atoms with E-state index < -0.39 is 11.0 Å². The average Bonchev–Trinajstić information content (AvgIpc) is 3.17. The van der Waals surface area contributed by atoms with Gasteiger partial charge in [-0.15, -0.1) is 5.10 Å². The molecule has 144 valence electrons. The van der Waals surface area contributed by atoms with Crippen LogP contribution in [0.2, 0.25) is 0 Å². The quantitative estimate of drug-likeness (QED) is 0.540. The molecule has 0 amide bonds. The molecule has 0 radical (unpaired) electrons. The number of benzene rings is 2. The lowest BCUT2D eigenvalue weighted by atomic mass is 9.85. The zero-order valence-corrected chi connectivity index (χ0v) is 15.4. The van der Waals surface area contributed by atoms with Crippen molar-refractivity contribution in [1.29, 1.82) is 0 Å². The number of aromatic nitrogens is 3. The number of nitrogens with one attached hydrogen (secondary N) is 1. The maximum atomic E-state index is 12.9. The number of rotatable bonds is 3. The number of nitro benzene ring substituents is 1. The number of fused-ring (bicyclic) bond motifs is 1. The second kappa shape index (κ2) is 6.66. The summed E-state index contributed by atoms with van der Waals surface area (Å²) < 4.78 is 1.60. The molecular formula is C21H17N5O3. The van der Waals surface area contributed by atoms with Gasteiger partial charge in [0.1, 0.15) is 6.04 Å². The Balaban J connectivity index is 1.73. The molecule has 1 atom stereocenters. The molecule has 0 saturated heterocycles. The minimum absolute atomic E-state index is 0.00990. The van der Waals surface area contributed by atoms with E-state index in [9.17, 15) is 14.9 Å². The van der Waals surface area contributed by atoms with Crippen LogP contribution in [0, 0.1) is 10.1 Å². The third-order valence-corrected chi connectivity index (χ3v) is 5.33. The molecule has 8 nitrogen and oxygen atoms in total. The van der Waals surface area contributed by atoms with Crippen LogP contribution in [0.4, 0.5) is 11.6 Å². The lowest BCUT2D eigenvalue weighted by Gasteiger charge is -2.31. The largest absolute Gasteiger partial charge is 0.328 e. The van der Waals surface area contributed by atoms with Crippen LogP contribution in [-0.4, -0.2) is 25.5 Å². The van der Waals surface area contributed by atoms with E-state index in [1.54, 1.807) is 22.9 Å². The van der Waals surface area contributed by atoms with Crippen LogP contribution in [0.15, 0.2) is 65.9 Å². The van der Waals surface area contributed by atoms with Crippen LogP contribution in [0.5, 0.6) is 0 Å². The van der Waals surface area contributed by atoms with Crippen molar-refractivity contribution in [2.75, 3.05) is 5.32 Å². The number of carbonyl (C=O) groups excluding carboxylic acids is 1. The van der Waals surface area contributed by atoms with Crippen molar-refractivity contribution in [3.8, 4) is 11.4 Å². The van der Waals surface area contributed by atoms with Crippen LogP contribution in [0.1, 0.15) is 30.9 Å². The number of anilines is 1. The second-order valence-electron chi connectivity index (χ2n) is 7.08. The molecule has 2 aromatic carbocycles. The summed E-state index contributed by atoms with van der Waals surface area (Å²) in [6.07, 6.45) is 1.87. The number of hydrogen-bond donors (Lipinski definition) is 1. The van der Waals surface area contributed by atoms with Crippen molar-refractivity contribution in [2.45, 2.75) is 25.3 Å². The third-order valence-electron chi connectivity index (χ3n) is 5.33. The molecule has 2 aliphatic rings. The number of allylic oxidation sites excluding steroid dienone is 2. The first-order valence-electron chi connectivity index (χ1n) is 9.42. The Kier molecular flexibility index (Phi) is 3.97. The highest BCUT2D eigenvalue weighted by Gasteiger charge is 2.39. The Hall–Kier alpha value is -3.81. The van der Waals surface area contributed by atoms with Gasteiger partial charge in [0.2, 0.25) is 5.95 Å². The summed E-state index contributed by atoms with van der Waals surface area (Å²) in [6.45, 7) is 0. The first-order chi connectivity index (χ1) is 14.1. The monoisotopic (exact) mass is 387 g/mol. The van der Waals surface area contributed by atoms with Crippen molar-refractivity contribution in [3.63, 3.8) is 0 Å². The van der Waals surface area contributed by atoms with Crippen LogP contribution < -0.4 is 5.32 Å². The number of nitro groups is 1. The minimum Gasteiger partial charge on any atom is -0.328 e. The summed E-state index contributed by atoms with van der Waals surface area (Å²) in [4.78, 5) is 28.7. The standard InChI is InChI=1S/C21H17N5O3/c27-17-12-6-10-15-18(17)19(14-9-4-5-11-16(14)26(28)29)25-21(22-15)23-20(24-25)13-7-2-1-3-8-13/h1-5,7-9,11,19H,6,10,12H2,(H,22,23,24). The van der Waals surface area contributed by atoms with E-state index in [-0.39, 0.29) is 11.5 Å². The van der Waals surface area contributed by atoms with E-state index in [0.717, 1.165) is 17.7 Å². The molecule has 0 fully saturated rings. The highest BCUT2D eigenvalue weighted by atomic mass is 16.6. The molecule has 2 heterocycles. The summed E-state index contributed by atoms with van der Waals surface area (Å²) in [5.74, 6) is 0.980. The molecule has 5 rings (SSSR count). The highest BCUT2D eigenvalue weighted by molar-refractivity contribution is 5.99. The van der Waals surface area contributed by atoms with Gasteiger partial charge < -0.3 is 5.32 Å². The zero-order valence-electron chi connectivity index (χ0n) is 15.4. The second-order valence-corrected chi connectivity index (χ2v) is 7.08. The average molecular weight is 387 g/mol. The lowest BCUT2D eigenvalue weighted by Crippen LogP contribution is -2.31. The van der Waals surface area contributed by atoms with Gasteiger partial charge in [-0.25, -0.2) is 4.68 Å². The fourth-order valence-corrected chi connectivity index (χ4v) is 4.04. The Morgan fingerprint density at radius 3 is 2.62 bits per heavy atom. The molecule has 1 aliphatic heterocycles. The highest BCUT2D eigenvalue weighted by Crippen LogP contribution is 2.42. The van der Waals surface area contributed by atoms with Crippen LogP contribution >= 0.6 is 0 Å². The first-order valence-corrected chi connectivity index (χ1v) is 9.42. The molecule has 1 aliphatic carbocycles. The number of ketones is 1. The Bertz CT molecular complexity index is 1170. The summed E-state index contributed by atoms with van der Waals surface area (Å²) in [5.41, 5.74) is 2.56. The van der Waals surface area contributed by atoms with Crippen molar-refractivity contribution >= 4 is 17.4 Å². The number of para-hydroxylation sites is 1. The van der Waals surface area contributed by atoms with Gasteiger partial charge >= 0.3 is 0 Å². The van der Waals surface area contributed by atoms with Gasteiger partial charge in [0.15, 0.2) is 11.6 Å². The maximum absolute atomic E-state index is 12.9. The van der Waals surface area contributed by atoms with Crippen LogP contribution in [-0.2, 0) is 4.79 Å². The van der Waals surface area contributed by atoms with E-state index in [4.69, 9.17) is 0 Å². The number of Topliss-reactive ketones (excluding diaryl/α,β-unsaturated/α-hetero) is 1. The fraction of sp³-hybridized carbons (Fsp3) is 0.190. The van der Waals surface area contributed by atoms with Crippen molar-refractivity contribution in [2.24, 2.45) is 0 Å². The van der Waals surface area contributed by atoms with Gasteiger partial charge in [-0.2, -0.15) is 4.98 Å². The van der Waals surface area contributed by atoms with E-state index in [0.29, 0.717) is 35.8 Å². The minimum atomic E-state index is -0.680. The predicted octanol–water partition coefficient (Wildman–Crippen LogP) is 3.88. The topological polar surface area (TPSA) is 103 Å². The predicted molar refractivity (Wildman–Crippen MR) is 106 cm³/mol. The van der Waals surface area contributed by atoms with E-state index >= 15 is 0 Å². The lowest BCUT2D eigenvalue weighted by molar-refractivity contribution is -0.385. The zero-order chi connectivity index (χ0) is 20.0. The summed E-state index contributed by atoms with van der Waals surface area (Å²) >= 11 is 0. The molecule has 0 spiro atoms. The molecule has 8 heteroatoms. The van der Waals surface area contributed by atoms with Crippen molar-refractivity contribution in [1.82, 2.24) is 14.8 Å². The summed E-state index contributed by atoms with van der Waals surface area (Å²) in [6, 6.07) is 15.3. The molecule has 1 unspecified atom stereocenters. The van der Waals surface area contributed by atoms with Gasteiger partial charge in [0.05, 0.1) is 10.5 Å². The van der Waals surface area contributed by atoms with Gasteiger partial charge in [-0.1, -0.05) is 42.5 Å². The van der Waals surface area contributed by atoms with E-state index in [1.807, 2.05) is 30.3 Å². The van der Waals surface area contributed by atoms with Crippen molar-refractivity contribution in [3.05, 3.63) is 81.5 Å². The molecule has 29 heavy (non-hydrogen) atoms. The number of nitrogens with zero attached hydrogens (tertiary/aromatic N) is 4. The van der Waals surface area contributed by atoms with E-state index in [2.05, 4.69) is 15.4 Å². The molecular weight excluding hydrogens is 370 g/mol. The molecule has 0 bridgehead atoms. The van der Waals surface area contributed by atoms with Crippen molar-refractivity contribution < 1.29 is 9.72 Å². The molecule has 1 N–H and O–H groups in total. The fourth-order valence-electron chi connectivity index (χ4n) is 4.04. The van der Waals surface area contributed by atoms with Gasteiger partial charge in [0, 0.05) is 29.3 Å². The Morgan fingerprint density at radius 2 is 1.83 bits per heavy atom. The molecule has 1 aromatic heterocycles. The third kappa shape index (κ3) is 2.80. The Labute approximate surface area is 166 Å². The molecule has 3 aromatic rings. The van der Waals surface area contributed by atoms with Crippen LogP contribution in [0.3, 0.4) is 0 Å². The maximum Gasteiger partial charge on any atom is 0.275 e. The Morgan fingerprint density at radius 1 is 1.07 bits per heavy atom. The van der Waals surface area contributed by atoms with Gasteiger partial charge in [-0.3, -0.25) is 14.9 Å². The van der Waals surface area contributed by atoms with E-state index in [1.165, 1.54) is 6.07 Å². The van der Waals surface area contributed by atoms with Gasteiger partial charge in [-0.05, 0) is 18.9 Å². The normalized spacial score (nSPS) is 18.1. The van der Waals surface area contributed by atoms with Gasteiger partial charge in [0.25, 0.3) is 5.69 Å². The summed E-state index contributed by atoms with van der Waals surface area (Å²) in [5, 5.41) is 19.6. The first kappa shape index (κ1) is 17.3. The number of carbonyl (C=O) groups is 1.